The summed E-state index contributed by atoms with van der Waals surface area (Å²) in [5, 5.41) is 6.79. The van der Waals surface area contributed by atoms with E-state index in [1.54, 1.807) is 24.3 Å². The molecule has 2 N–H and O–H groups in total. The van der Waals surface area contributed by atoms with E-state index in [9.17, 15) is 14.4 Å². The summed E-state index contributed by atoms with van der Waals surface area (Å²) in [6.07, 6.45) is 3.96. The van der Waals surface area contributed by atoms with Gasteiger partial charge in [0.25, 0.3) is 11.8 Å². The minimum atomic E-state index is -0.979. The molecule has 0 aliphatic rings. The fourth-order valence-electron chi connectivity index (χ4n) is 4.69. The third kappa shape index (κ3) is 9.48. The number of hydrogen-bond donors (Lipinski definition) is 2. The number of hydrogen-bond acceptors (Lipinski definition) is 8. The molecule has 4 rings (SSSR count). The zero-order valence-corrected chi connectivity index (χ0v) is 28.6. The number of ether oxygens (including phenoxy) is 3. The van der Waals surface area contributed by atoms with Crippen molar-refractivity contribution < 1.29 is 33.4 Å². The van der Waals surface area contributed by atoms with Crippen molar-refractivity contribution in [1.29, 1.82) is 0 Å². The molecule has 0 heterocycles. The number of aryl methyl sites for hydroxylation is 1. The van der Waals surface area contributed by atoms with Gasteiger partial charge >= 0.3 is 6.09 Å². The largest absolute Gasteiger partial charge is 0.493 e. The summed E-state index contributed by atoms with van der Waals surface area (Å²) in [4.78, 5) is 48.1. The molecule has 11 nitrogen and oxygen atoms in total. The first-order valence-corrected chi connectivity index (χ1v) is 15.3. The Kier molecular flexibility index (Phi) is 11.8. The van der Waals surface area contributed by atoms with Crippen LogP contribution in [0.1, 0.15) is 58.2 Å². The normalized spacial score (nSPS) is 11.2. The number of anilines is 2. The molecule has 4 aromatic rings. The zero-order valence-electron chi connectivity index (χ0n) is 28.6. The highest BCUT2D eigenvalue weighted by atomic mass is 16.7. The minimum absolute atomic E-state index is 0.190. The van der Waals surface area contributed by atoms with Crippen LogP contribution in [0.4, 0.5) is 16.2 Å². The van der Waals surface area contributed by atoms with Gasteiger partial charge in [-0.25, -0.2) is 4.79 Å². The molecule has 0 aromatic heterocycles. The van der Waals surface area contributed by atoms with Gasteiger partial charge in [0.15, 0.2) is 11.5 Å². The molecule has 0 unspecified atom stereocenters. The van der Waals surface area contributed by atoms with Crippen molar-refractivity contribution in [2.45, 2.75) is 33.2 Å². The quantitative estimate of drug-likeness (QED) is 0.0728. The van der Waals surface area contributed by atoms with E-state index < -0.39 is 17.5 Å². The van der Waals surface area contributed by atoms with Crippen molar-refractivity contribution in [1.82, 2.24) is 5.32 Å². The first-order chi connectivity index (χ1) is 23.4. The SMILES string of the molecule is COc1cc(C(=O)NC=NC(=O)ON(c2ccc(C)c(NC(=O)c3ccc(C=Cc4ccccc4)cc3)c2)C(C)(C)C)cc(OC)c1OC. The predicted molar refractivity (Wildman–Crippen MR) is 192 cm³/mol. The average molecular weight is 665 g/mol. The monoisotopic (exact) mass is 664 g/mol. The Bertz CT molecular complexity index is 1820. The van der Waals surface area contributed by atoms with Crippen LogP contribution in [-0.2, 0) is 4.84 Å². The van der Waals surface area contributed by atoms with E-state index in [1.165, 1.54) is 38.5 Å². The van der Waals surface area contributed by atoms with Crippen molar-refractivity contribution in [3.05, 3.63) is 113 Å². The van der Waals surface area contributed by atoms with E-state index in [0.717, 1.165) is 23.0 Å². The van der Waals surface area contributed by atoms with Gasteiger partial charge in [-0.3, -0.25) is 9.59 Å². The molecule has 11 heteroatoms. The standard InChI is InChI=1S/C38H40N4O7/c1-25-13-20-30(23-31(25)41-36(44)28-18-16-27(17-19-28)15-14-26-11-9-8-10-12-26)42(38(2,3)4)49-37(45)40-24-39-35(43)29-21-32(46-5)34(48-7)33(22-29)47-6/h8-24H,1-7H3,(H,41,44)(H,39,40,43,45). The maximum Gasteiger partial charge on any atom is 0.459 e. The molecule has 0 aliphatic carbocycles. The summed E-state index contributed by atoms with van der Waals surface area (Å²) in [7, 11) is 4.33. The summed E-state index contributed by atoms with van der Waals surface area (Å²) in [6, 6.07) is 25.5. The van der Waals surface area contributed by atoms with Gasteiger partial charge in [0.05, 0.1) is 32.6 Å². The molecule has 0 radical (unpaired) electrons. The van der Waals surface area contributed by atoms with Crippen molar-refractivity contribution >= 4 is 47.8 Å². The first kappa shape index (κ1) is 35.7. The lowest BCUT2D eigenvalue weighted by Crippen LogP contribution is -2.42. The van der Waals surface area contributed by atoms with E-state index in [0.29, 0.717) is 34.2 Å². The van der Waals surface area contributed by atoms with Crippen molar-refractivity contribution in [2.75, 3.05) is 31.7 Å². The smallest absolute Gasteiger partial charge is 0.459 e. The topological polar surface area (TPSA) is 128 Å². The van der Waals surface area contributed by atoms with E-state index in [-0.39, 0.29) is 11.5 Å². The first-order valence-electron chi connectivity index (χ1n) is 15.3. The summed E-state index contributed by atoms with van der Waals surface area (Å²) < 4.78 is 15.9. The van der Waals surface area contributed by atoms with Crippen LogP contribution < -0.4 is 29.9 Å². The molecule has 4 aromatic carbocycles. The second-order valence-corrected chi connectivity index (χ2v) is 11.8. The van der Waals surface area contributed by atoms with Gasteiger partial charge in [0.1, 0.15) is 6.34 Å². The van der Waals surface area contributed by atoms with Crippen LogP contribution in [0.25, 0.3) is 12.2 Å². The van der Waals surface area contributed by atoms with Crippen LogP contribution in [0.5, 0.6) is 17.2 Å². The molecule has 0 spiro atoms. The Morgan fingerprint density at radius 1 is 0.735 bits per heavy atom. The number of aliphatic imine (C=N–C) groups is 1. The fraction of sp³-hybridized carbons (Fsp3) is 0.211. The summed E-state index contributed by atoms with van der Waals surface area (Å²) in [5.41, 5.74) is 3.88. The molecule has 0 bridgehead atoms. The number of benzene rings is 4. The van der Waals surface area contributed by atoms with Gasteiger partial charge in [-0.2, -0.15) is 10.1 Å². The molecule has 0 saturated carbocycles. The van der Waals surface area contributed by atoms with Crippen LogP contribution in [0.15, 0.2) is 89.9 Å². The zero-order chi connectivity index (χ0) is 35.6. The van der Waals surface area contributed by atoms with Crippen molar-refractivity contribution in [3.8, 4) is 17.2 Å². The number of hydroxylamine groups is 1. The number of methoxy groups -OCH3 is 3. The number of carbonyl (C=O) groups is 3. The van der Waals surface area contributed by atoms with Gasteiger partial charge in [0, 0.05) is 16.8 Å². The lowest BCUT2D eigenvalue weighted by molar-refractivity contribution is 0.0975. The molecular formula is C38H40N4O7. The Morgan fingerprint density at radius 2 is 1.35 bits per heavy atom. The number of amides is 3. The van der Waals surface area contributed by atoms with Crippen LogP contribution in [0, 0.1) is 6.92 Å². The Morgan fingerprint density at radius 3 is 1.92 bits per heavy atom. The third-order valence-electron chi connectivity index (χ3n) is 7.22. The second-order valence-electron chi connectivity index (χ2n) is 11.8. The van der Waals surface area contributed by atoms with Gasteiger partial charge in [-0.05, 0) is 80.8 Å². The minimum Gasteiger partial charge on any atom is -0.493 e. The number of nitrogens with one attached hydrogen (secondary N) is 2. The van der Waals surface area contributed by atoms with E-state index in [1.807, 2.05) is 88.4 Å². The second kappa shape index (κ2) is 16.1. The average Bonchev–Trinajstić information content (AvgIpc) is 3.10. The van der Waals surface area contributed by atoms with E-state index in [4.69, 9.17) is 19.0 Å². The van der Waals surface area contributed by atoms with E-state index >= 15 is 0 Å². The van der Waals surface area contributed by atoms with Crippen molar-refractivity contribution in [2.24, 2.45) is 4.99 Å². The molecule has 3 amide bonds. The van der Waals surface area contributed by atoms with Crippen molar-refractivity contribution in [3.63, 3.8) is 0 Å². The molecule has 0 fully saturated rings. The Hall–Kier alpha value is -6.10. The molecule has 0 aliphatic heterocycles. The third-order valence-corrected chi connectivity index (χ3v) is 7.22. The molecule has 254 valence electrons. The van der Waals surface area contributed by atoms with Gasteiger partial charge in [-0.15, -0.1) is 0 Å². The molecule has 49 heavy (non-hydrogen) atoms. The van der Waals surface area contributed by atoms with Crippen LogP contribution >= 0.6 is 0 Å². The number of carbonyl (C=O) groups excluding carboxylic acids is 3. The summed E-state index contributed by atoms with van der Waals surface area (Å²) in [6.45, 7) is 7.41. The number of nitrogens with zero attached hydrogens (tertiary/aromatic N) is 2. The van der Waals surface area contributed by atoms with Crippen LogP contribution in [0.2, 0.25) is 0 Å². The predicted octanol–water partition coefficient (Wildman–Crippen LogP) is 7.56. The Labute approximate surface area is 286 Å². The van der Waals surface area contributed by atoms with Gasteiger partial charge < -0.3 is 29.7 Å². The fourth-order valence-corrected chi connectivity index (χ4v) is 4.69. The summed E-state index contributed by atoms with van der Waals surface area (Å²) in [5.74, 6) is 0.0676. The lowest BCUT2D eigenvalue weighted by Gasteiger charge is -2.34. The highest BCUT2D eigenvalue weighted by Crippen LogP contribution is 2.38. The van der Waals surface area contributed by atoms with Crippen LogP contribution in [0.3, 0.4) is 0 Å². The van der Waals surface area contributed by atoms with Gasteiger partial charge in [0.2, 0.25) is 5.75 Å². The molecule has 0 saturated heterocycles. The molecule has 0 atom stereocenters. The molecular weight excluding hydrogens is 624 g/mol. The highest BCUT2D eigenvalue weighted by molar-refractivity contribution is 6.05. The van der Waals surface area contributed by atoms with Gasteiger partial charge in [-0.1, -0.05) is 60.7 Å². The Balaban J connectivity index is 1.43. The highest BCUT2D eigenvalue weighted by Gasteiger charge is 2.27. The van der Waals surface area contributed by atoms with E-state index in [2.05, 4.69) is 15.6 Å². The number of rotatable bonds is 11. The van der Waals surface area contributed by atoms with Crippen LogP contribution in [-0.4, -0.2) is 51.1 Å². The summed E-state index contributed by atoms with van der Waals surface area (Å²) >= 11 is 0. The maximum absolute atomic E-state index is 13.2. The lowest BCUT2D eigenvalue weighted by atomic mass is 10.1. The maximum atomic E-state index is 13.2.